The fourth-order valence-electron chi connectivity index (χ4n) is 2.15. The van der Waals surface area contributed by atoms with Crippen LogP contribution in [0.1, 0.15) is 36.6 Å². The Hall–Kier alpha value is -1.35. The molecule has 1 heterocycles. The number of nitrogens with one attached hydrogen (secondary N) is 1. The fraction of sp³-hybridized carbons (Fsp3) is 0.357. The quantitative estimate of drug-likeness (QED) is 0.785. The zero-order valence-corrected chi connectivity index (χ0v) is 11.6. The standard InChI is InChI=1S/C14H18N2S/c1-9(2)13-8-15-14(17)16(13)12-6-10(3)5-11(4)7-12/h5-9H,1-4H3,(H,15,17). The van der Waals surface area contributed by atoms with Crippen molar-refractivity contribution >= 4 is 12.2 Å². The summed E-state index contributed by atoms with van der Waals surface area (Å²) >= 11 is 5.37. The van der Waals surface area contributed by atoms with Crippen molar-refractivity contribution in [1.29, 1.82) is 0 Å². The molecular weight excluding hydrogens is 228 g/mol. The van der Waals surface area contributed by atoms with E-state index in [0.29, 0.717) is 5.92 Å². The number of hydrogen-bond donors (Lipinski definition) is 1. The van der Waals surface area contributed by atoms with Crippen LogP contribution in [0.4, 0.5) is 0 Å². The minimum Gasteiger partial charge on any atom is -0.337 e. The number of hydrogen-bond acceptors (Lipinski definition) is 1. The van der Waals surface area contributed by atoms with E-state index in [2.05, 4.69) is 55.4 Å². The predicted octanol–water partition coefficient (Wildman–Crippen LogP) is 4.28. The van der Waals surface area contributed by atoms with Gasteiger partial charge in [0.25, 0.3) is 0 Å². The highest BCUT2D eigenvalue weighted by atomic mass is 32.1. The van der Waals surface area contributed by atoms with Gasteiger partial charge in [0.05, 0.1) is 0 Å². The average molecular weight is 246 g/mol. The van der Waals surface area contributed by atoms with Gasteiger partial charge in [0, 0.05) is 17.6 Å². The molecule has 0 atom stereocenters. The highest BCUT2D eigenvalue weighted by molar-refractivity contribution is 7.71. The molecule has 2 rings (SSSR count). The topological polar surface area (TPSA) is 20.7 Å². The summed E-state index contributed by atoms with van der Waals surface area (Å²) in [6.45, 7) is 8.58. The summed E-state index contributed by atoms with van der Waals surface area (Å²) in [5, 5.41) is 0. The molecule has 1 aromatic heterocycles. The Morgan fingerprint density at radius 1 is 1.12 bits per heavy atom. The van der Waals surface area contributed by atoms with Gasteiger partial charge in [-0.3, -0.25) is 4.57 Å². The number of nitrogens with zero attached hydrogens (tertiary/aromatic N) is 1. The number of aromatic nitrogens is 2. The lowest BCUT2D eigenvalue weighted by molar-refractivity contribution is 0.783. The second-order valence-corrected chi connectivity index (χ2v) is 5.24. The minimum absolute atomic E-state index is 0.448. The largest absolute Gasteiger partial charge is 0.337 e. The molecule has 0 aliphatic carbocycles. The molecule has 0 fully saturated rings. The molecule has 0 radical (unpaired) electrons. The Bertz CT molecular complexity index is 570. The van der Waals surface area contributed by atoms with Gasteiger partial charge < -0.3 is 4.98 Å². The molecule has 1 N–H and O–H groups in total. The van der Waals surface area contributed by atoms with Gasteiger partial charge in [-0.1, -0.05) is 19.9 Å². The number of aryl methyl sites for hydroxylation is 2. The maximum atomic E-state index is 5.37. The van der Waals surface area contributed by atoms with Gasteiger partial charge in [0.1, 0.15) is 0 Å². The smallest absolute Gasteiger partial charge is 0.182 e. The molecule has 90 valence electrons. The monoisotopic (exact) mass is 246 g/mol. The average Bonchev–Trinajstić information content (AvgIpc) is 2.58. The third-order valence-corrected chi connectivity index (χ3v) is 3.16. The maximum Gasteiger partial charge on any atom is 0.182 e. The van der Waals surface area contributed by atoms with Gasteiger partial charge >= 0.3 is 0 Å². The van der Waals surface area contributed by atoms with Crippen LogP contribution in [0.3, 0.4) is 0 Å². The van der Waals surface area contributed by atoms with Crippen LogP contribution >= 0.6 is 12.2 Å². The third-order valence-electron chi connectivity index (χ3n) is 2.86. The minimum atomic E-state index is 0.448. The Morgan fingerprint density at radius 2 is 1.71 bits per heavy atom. The molecule has 1 aromatic carbocycles. The third kappa shape index (κ3) is 2.34. The van der Waals surface area contributed by atoms with Crippen LogP contribution in [0.2, 0.25) is 0 Å². The molecule has 0 aliphatic rings. The van der Waals surface area contributed by atoms with Crippen LogP contribution in [0.25, 0.3) is 5.69 Å². The first-order chi connectivity index (χ1) is 7.99. The van der Waals surface area contributed by atoms with Crippen molar-refractivity contribution in [3.8, 4) is 5.69 Å². The van der Waals surface area contributed by atoms with E-state index < -0.39 is 0 Å². The van der Waals surface area contributed by atoms with E-state index in [0.717, 1.165) is 10.5 Å². The summed E-state index contributed by atoms with van der Waals surface area (Å²) in [7, 11) is 0. The SMILES string of the molecule is Cc1cc(C)cc(-n2c(C(C)C)c[nH]c2=S)c1. The summed E-state index contributed by atoms with van der Waals surface area (Å²) in [4.78, 5) is 3.13. The molecule has 0 saturated heterocycles. The number of benzene rings is 1. The van der Waals surface area contributed by atoms with E-state index in [1.54, 1.807) is 0 Å². The van der Waals surface area contributed by atoms with Gasteiger partial charge in [-0.15, -0.1) is 0 Å². The predicted molar refractivity (Wildman–Crippen MR) is 74.5 cm³/mol. The molecule has 0 bridgehead atoms. The lowest BCUT2D eigenvalue weighted by Gasteiger charge is -2.12. The molecular formula is C14H18N2S. The van der Waals surface area contributed by atoms with Crippen molar-refractivity contribution in [1.82, 2.24) is 9.55 Å². The molecule has 0 amide bonds. The first kappa shape index (κ1) is 12.1. The first-order valence-electron chi connectivity index (χ1n) is 5.88. The Kier molecular flexibility index (Phi) is 3.20. The molecule has 2 nitrogen and oxygen atoms in total. The van der Waals surface area contributed by atoms with Crippen molar-refractivity contribution in [3.05, 3.63) is 46.0 Å². The van der Waals surface area contributed by atoms with E-state index in [9.17, 15) is 0 Å². The van der Waals surface area contributed by atoms with Crippen LogP contribution in [0.15, 0.2) is 24.4 Å². The highest BCUT2D eigenvalue weighted by Crippen LogP contribution is 2.21. The van der Waals surface area contributed by atoms with E-state index in [1.807, 2.05) is 6.20 Å². The van der Waals surface area contributed by atoms with E-state index in [-0.39, 0.29) is 0 Å². The van der Waals surface area contributed by atoms with Gasteiger partial charge in [0.2, 0.25) is 0 Å². The van der Waals surface area contributed by atoms with E-state index >= 15 is 0 Å². The lowest BCUT2D eigenvalue weighted by atomic mass is 10.1. The van der Waals surface area contributed by atoms with E-state index in [1.165, 1.54) is 16.8 Å². The lowest BCUT2D eigenvalue weighted by Crippen LogP contribution is -2.02. The second kappa shape index (κ2) is 4.49. The van der Waals surface area contributed by atoms with Crippen LogP contribution in [0, 0.1) is 18.6 Å². The summed E-state index contributed by atoms with van der Waals surface area (Å²) in [5.41, 5.74) is 4.90. The number of rotatable bonds is 2. The summed E-state index contributed by atoms with van der Waals surface area (Å²) in [6, 6.07) is 6.51. The van der Waals surface area contributed by atoms with Crippen LogP contribution in [-0.4, -0.2) is 9.55 Å². The van der Waals surface area contributed by atoms with Crippen LogP contribution < -0.4 is 0 Å². The van der Waals surface area contributed by atoms with Crippen LogP contribution in [0.5, 0.6) is 0 Å². The number of aromatic amines is 1. The highest BCUT2D eigenvalue weighted by Gasteiger charge is 2.10. The molecule has 17 heavy (non-hydrogen) atoms. The Morgan fingerprint density at radius 3 is 2.24 bits per heavy atom. The zero-order valence-electron chi connectivity index (χ0n) is 10.7. The van der Waals surface area contributed by atoms with Crippen molar-refractivity contribution in [2.45, 2.75) is 33.6 Å². The molecule has 0 aliphatic heterocycles. The van der Waals surface area contributed by atoms with Crippen molar-refractivity contribution in [2.75, 3.05) is 0 Å². The second-order valence-electron chi connectivity index (χ2n) is 4.85. The summed E-state index contributed by atoms with van der Waals surface area (Å²) in [5.74, 6) is 0.448. The Balaban J connectivity index is 2.67. The molecule has 0 spiro atoms. The summed E-state index contributed by atoms with van der Waals surface area (Å²) < 4.78 is 2.89. The van der Waals surface area contributed by atoms with Gasteiger partial charge in [0.15, 0.2) is 4.77 Å². The van der Waals surface area contributed by atoms with Gasteiger partial charge in [-0.25, -0.2) is 0 Å². The zero-order chi connectivity index (χ0) is 12.6. The van der Waals surface area contributed by atoms with Crippen LogP contribution in [-0.2, 0) is 0 Å². The van der Waals surface area contributed by atoms with Crippen molar-refractivity contribution in [3.63, 3.8) is 0 Å². The van der Waals surface area contributed by atoms with Crippen molar-refractivity contribution < 1.29 is 0 Å². The molecule has 0 saturated carbocycles. The molecule has 2 aromatic rings. The first-order valence-corrected chi connectivity index (χ1v) is 6.29. The normalized spacial score (nSPS) is 11.1. The van der Waals surface area contributed by atoms with Gasteiger partial charge in [-0.2, -0.15) is 0 Å². The van der Waals surface area contributed by atoms with E-state index in [4.69, 9.17) is 12.2 Å². The maximum absolute atomic E-state index is 5.37. The molecule has 3 heteroatoms. The van der Waals surface area contributed by atoms with Gasteiger partial charge in [-0.05, 0) is 55.2 Å². The molecule has 0 unspecified atom stereocenters. The number of imidazole rings is 1. The fourth-order valence-corrected chi connectivity index (χ4v) is 2.42. The Labute approximate surface area is 107 Å². The van der Waals surface area contributed by atoms with Crippen molar-refractivity contribution in [2.24, 2.45) is 0 Å². The summed E-state index contributed by atoms with van der Waals surface area (Å²) in [6.07, 6.45) is 2.00. The number of H-pyrrole nitrogens is 1.